The fraction of sp³-hybridized carbons (Fsp3) is 0.538. The lowest BCUT2D eigenvalue weighted by atomic mass is 10.1. The number of Topliss-reactive ketones (excluding diaryl/α,β-unsaturated/α-hetero) is 1. The standard InChI is InChI=1S/C13H19NO3/c1-4-8-17-13(16)14-7-5-6-12(14)9-10(2)11(3)15/h4,9,12H,1,5-8H2,2-3H3/t12-/m0/s1. The van der Waals surface area contributed by atoms with Crippen LogP contribution in [0.25, 0.3) is 0 Å². The van der Waals surface area contributed by atoms with E-state index in [9.17, 15) is 9.59 Å². The molecule has 1 fully saturated rings. The van der Waals surface area contributed by atoms with Crippen molar-refractivity contribution in [1.29, 1.82) is 0 Å². The Hall–Kier alpha value is -1.58. The van der Waals surface area contributed by atoms with Crippen LogP contribution in [-0.4, -0.2) is 36.0 Å². The molecule has 4 nitrogen and oxygen atoms in total. The summed E-state index contributed by atoms with van der Waals surface area (Å²) in [5.74, 6) is 0.0382. The number of carbonyl (C=O) groups excluding carboxylic acids is 2. The van der Waals surface area contributed by atoms with Crippen molar-refractivity contribution in [2.24, 2.45) is 0 Å². The van der Waals surface area contributed by atoms with E-state index < -0.39 is 0 Å². The fourth-order valence-electron chi connectivity index (χ4n) is 1.81. The van der Waals surface area contributed by atoms with Crippen LogP contribution in [0.1, 0.15) is 26.7 Å². The molecule has 0 aliphatic carbocycles. The molecule has 1 heterocycles. The van der Waals surface area contributed by atoms with Crippen LogP contribution in [-0.2, 0) is 9.53 Å². The average molecular weight is 237 g/mol. The molecule has 1 atom stereocenters. The first-order valence-electron chi connectivity index (χ1n) is 5.80. The number of allylic oxidation sites excluding steroid dienone is 1. The second kappa shape index (κ2) is 6.23. The Morgan fingerprint density at radius 3 is 2.76 bits per heavy atom. The molecular formula is C13H19NO3. The lowest BCUT2D eigenvalue weighted by Gasteiger charge is -2.21. The highest BCUT2D eigenvalue weighted by atomic mass is 16.6. The molecule has 1 aliphatic rings. The van der Waals surface area contributed by atoms with Gasteiger partial charge in [0.05, 0.1) is 6.04 Å². The van der Waals surface area contributed by atoms with E-state index in [0.717, 1.165) is 12.8 Å². The zero-order chi connectivity index (χ0) is 12.8. The number of hydrogen-bond donors (Lipinski definition) is 0. The van der Waals surface area contributed by atoms with Crippen molar-refractivity contribution in [2.45, 2.75) is 32.7 Å². The Balaban J connectivity index is 2.66. The predicted molar refractivity (Wildman–Crippen MR) is 65.7 cm³/mol. The normalized spacial score (nSPS) is 20.2. The molecule has 0 N–H and O–H groups in total. The first kappa shape index (κ1) is 13.5. The molecule has 0 radical (unpaired) electrons. The molecule has 0 aromatic rings. The highest BCUT2D eigenvalue weighted by Gasteiger charge is 2.28. The summed E-state index contributed by atoms with van der Waals surface area (Å²) in [6.07, 6.45) is 4.88. The van der Waals surface area contributed by atoms with Gasteiger partial charge in [-0.25, -0.2) is 4.79 Å². The highest BCUT2D eigenvalue weighted by Crippen LogP contribution is 2.20. The first-order valence-corrected chi connectivity index (χ1v) is 5.80. The molecule has 94 valence electrons. The van der Waals surface area contributed by atoms with Gasteiger partial charge in [0, 0.05) is 6.54 Å². The molecule has 1 amide bonds. The number of ether oxygens (including phenoxy) is 1. The van der Waals surface area contributed by atoms with Gasteiger partial charge in [-0.1, -0.05) is 18.7 Å². The minimum Gasteiger partial charge on any atom is -0.445 e. The summed E-state index contributed by atoms with van der Waals surface area (Å²) in [7, 11) is 0. The third-order valence-corrected chi connectivity index (χ3v) is 2.86. The molecule has 1 saturated heterocycles. The lowest BCUT2D eigenvalue weighted by molar-refractivity contribution is -0.113. The minimum atomic E-state index is -0.333. The maximum Gasteiger partial charge on any atom is 0.410 e. The van der Waals surface area contributed by atoms with Crippen molar-refractivity contribution in [3.63, 3.8) is 0 Å². The Morgan fingerprint density at radius 1 is 1.47 bits per heavy atom. The van der Waals surface area contributed by atoms with Gasteiger partial charge >= 0.3 is 6.09 Å². The zero-order valence-corrected chi connectivity index (χ0v) is 10.4. The smallest absolute Gasteiger partial charge is 0.410 e. The third kappa shape index (κ3) is 3.73. The van der Waals surface area contributed by atoms with Gasteiger partial charge < -0.3 is 9.64 Å². The van der Waals surface area contributed by atoms with E-state index >= 15 is 0 Å². The van der Waals surface area contributed by atoms with Crippen molar-refractivity contribution in [1.82, 2.24) is 4.90 Å². The Bertz CT molecular complexity index is 347. The van der Waals surface area contributed by atoms with Crippen LogP contribution in [0, 0.1) is 0 Å². The maximum absolute atomic E-state index is 11.7. The average Bonchev–Trinajstić information content (AvgIpc) is 2.73. The lowest BCUT2D eigenvalue weighted by Crippen LogP contribution is -2.35. The molecule has 0 aromatic carbocycles. The van der Waals surface area contributed by atoms with Crippen LogP contribution in [0.5, 0.6) is 0 Å². The third-order valence-electron chi connectivity index (χ3n) is 2.86. The van der Waals surface area contributed by atoms with E-state index in [1.165, 1.54) is 6.92 Å². The topological polar surface area (TPSA) is 46.6 Å². The number of amides is 1. The highest BCUT2D eigenvalue weighted by molar-refractivity contribution is 5.92. The van der Waals surface area contributed by atoms with Gasteiger partial charge in [0.25, 0.3) is 0 Å². The van der Waals surface area contributed by atoms with Crippen LogP contribution >= 0.6 is 0 Å². The summed E-state index contributed by atoms with van der Waals surface area (Å²) < 4.78 is 5.00. The zero-order valence-electron chi connectivity index (χ0n) is 10.4. The number of likely N-dealkylation sites (tertiary alicyclic amines) is 1. The van der Waals surface area contributed by atoms with Gasteiger partial charge in [0.15, 0.2) is 5.78 Å². The van der Waals surface area contributed by atoms with Gasteiger partial charge in [-0.15, -0.1) is 0 Å². The first-order chi connectivity index (χ1) is 8.06. The number of rotatable bonds is 4. The molecule has 4 heteroatoms. The van der Waals surface area contributed by atoms with Crippen molar-refractivity contribution < 1.29 is 14.3 Å². The van der Waals surface area contributed by atoms with Crippen molar-refractivity contribution >= 4 is 11.9 Å². The summed E-state index contributed by atoms with van der Waals surface area (Å²) in [5, 5.41) is 0. The van der Waals surface area contributed by atoms with Gasteiger partial charge in [0.2, 0.25) is 0 Å². The van der Waals surface area contributed by atoms with Gasteiger partial charge in [-0.2, -0.15) is 0 Å². The quantitative estimate of drug-likeness (QED) is 0.557. The number of ketones is 1. The number of hydrogen-bond acceptors (Lipinski definition) is 3. The second-order valence-electron chi connectivity index (χ2n) is 4.17. The van der Waals surface area contributed by atoms with Crippen molar-refractivity contribution in [2.75, 3.05) is 13.2 Å². The van der Waals surface area contributed by atoms with E-state index in [0.29, 0.717) is 12.1 Å². The summed E-state index contributed by atoms with van der Waals surface area (Å²) in [6.45, 7) is 7.70. The molecule has 0 aromatic heterocycles. The van der Waals surface area contributed by atoms with Crippen LogP contribution in [0.4, 0.5) is 4.79 Å². The monoisotopic (exact) mass is 237 g/mol. The molecule has 0 spiro atoms. The van der Waals surface area contributed by atoms with Crippen LogP contribution < -0.4 is 0 Å². The van der Waals surface area contributed by atoms with Crippen molar-refractivity contribution in [3.8, 4) is 0 Å². The van der Waals surface area contributed by atoms with E-state index in [4.69, 9.17) is 4.74 Å². The maximum atomic E-state index is 11.7. The molecule has 0 unspecified atom stereocenters. The Labute approximate surface area is 102 Å². The number of nitrogens with zero attached hydrogens (tertiary/aromatic N) is 1. The summed E-state index contributed by atoms with van der Waals surface area (Å²) in [4.78, 5) is 24.5. The fourth-order valence-corrected chi connectivity index (χ4v) is 1.81. The van der Waals surface area contributed by atoms with Crippen LogP contribution in [0.3, 0.4) is 0 Å². The largest absolute Gasteiger partial charge is 0.445 e. The van der Waals surface area contributed by atoms with Crippen LogP contribution in [0.2, 0.25) is 0 Å². The van der Waals surface area contributed by atoms with E-state index in [1.807, 2.05) is 6.08 Å². The second-order valence-corrected chi connectivity index (χ2v) is 4.17. The molecule has 1 rings (SSSR count). The predicted octanol–water partition coefficient (Wildman–Crippen LogP) is 2.31. The molecule has 1 aliphatic heterocycles. The molecule has 0 bridgehead atoms. The van der Waals surface area contributed by atoms with Gasteiger partial charge in [-0.3, -0.25) is 4.79 Å². The van der Waals surface area contributed by atoms with Crippen molar-refractivity contribution in [3.05, 3.63) is 24.3 Å². The summed E-state index contributed by atoms with van der Waals surface area (Å²) in [6, 6.07) is -0.0174. The summed E-state index contributed by atoms with van der Waals surface area (Å²) >= 11 is 0. The van der Waals surface area contributed by atoms with E-state index in [-0.39, 0.29) is 24.5 Å². The van der Waals surface area contributed by atoms with Crippen LogP contribution in [0.15, 0.2) is 24.3 Å². The Morgan fingerprint density at radius 2 is 2.18 bits per heavy atom. The Kier molecular flexibility index (Phi) is 4.94. The van der Waals surface area contributed by atoms with E-state index in [2.05, 4.69) is 6.58 Å². The minimum absolute atomic E-state index is 0.0174. The molecule has 17 heavy (non-hydrogen) atoms. The summed E-state index contributed by atoms with van der Waals surface area (Å²) in [5.41, 5.74) is 0.693. The molecule has 0 saturated carbocycles. The van der Waals surface area contributed by atoms with Gasteiger partial charge in [0.1, 0.15) is 6.61 Å². The van der Waals surface area contributed by atoms with Gasteiger partial charge in [-0.05, 0) is 32.3 Å². The van der Waals surface area contributed by atoms with E-state index in [1.54, 1.807) is 17.9 Å². The SMILES string of the molecule is C=CCOC(=O)N1CCC[C@H]1C=C(C)C(C)=O. The number of carbonyl (C=O) groups is 2. The molecular weight excluding hydrogens is 218 g/mol.